The second-order valence-electron chi connectivity index (χ2n) is 8.44. The first kappa shape index (κ1) is 16.0. The van der Waals surface area contributed by atoms with E-state index in [1.54, 1.807) is 24.3 Å². The molecule has 0 N–H and O–H groups in total. The van der Waals surface area contributed by atoms with Gasteiger partial charge in [0.2, 0.25) is 0 Å². The third kappa shape index (κ3) is 2.65. The molecule has 4 nitrogen and oxygen atoms in total. The van der Waals surface area contributed by atoms with Gasteiger partial charge in [0.1, 0.15) is 18.1 Å². The monoisotopic (exact) mass is 355 g/mol. The molecule has 4 aliphatic rings. The fraction of sp³-hybridized carbons (Fsp3) is 0.524. The van der Waals surface area contributed by atoms with Gasteiger partial charge in [-0.25, -0.2) is 4.39 Å². The van der Waals surface area contributed by atoms with Crippen LogP contribution in [0.1, 0.15) is 44.2 Å². The van der Waals surface area contributed by atoms with E-state index in [0.29, 0.717) is 34.8 Å². The third-order valence-electron chi connectivity index (χ3n) is 6.52. The summed E-state index contributed by atoms with van der Waals surface area (Å²) in [6.45, 7) is 0.0819. The molecule has 0 unspecified atom stereocenters. The zero-order valence-electron chi connectivity index (χ0n) is 14.6. The van der Waals surface area contributed by atoms with Crippen LogP contribution < -0.4 is 0 Å². The summed E-state index contributed by atoms with van der Waals surface area (Å²) in [7, 11) is 0. The second kappa shape index (κ2) is 5.93. The number of ether oxygens (including phenoxy) is 1. The number of carbonyl (C=O) groups is 1. The summed E-state index contributed by atoms with van der Waals surface area (Å²) in [6.07, 6.45) is 6.83. The average Bonchev–Trinajstić information content (AvgIpc) is 3.07. The fourth-order valence-corrected chi connectivity index (χ4v) is 5.82. The van der Waals surface area contributed by atoms with E-state index in [0.717, 1.165) is 19.3 Å². The lowest BCUT2D eigenvalue weighted by molar-refractivity contribution is -0.173. The van der Waals surface area contributed by atoms with Gasteiger partial charge in [-0.1, -0.05) is 17.3 Å². The first-order chi connectivity index (χ1) is 12.6. The van der Waals surface area contributed by atoms with Crippen LogP contribution in [0.15, 0.2) is 34.9 Å². The molecular formula is C21H22FNO3. The summed E-state index contributed by atoms with van der Waals surface area (Å²) in [6, 6.07) is 8.04. The van der Waals surface area contributed by atoms with Crippen molar-refractivity contribution in [1.82, 2.24) is 5.16 Å². The molecule has 5 heteroatoms. The first-order valence-corrected chi connectivity index (χ1v) is 9.49. The molecule has 1 aromatic carbocycles. The second-order valence-corrected chi connectivity index (χ2v) is 8.44. The Morgan fingerprint density at radius 1 is 1.15 bits per heavy atom. The number of esters is 1. The molecule has 0 aliphatic heterocycles. The summed E-state index contributed by atoms with van der Waals surface area (Å²) in [5.41, 5.74) is 0.604. The molecule has 0 atom stereocenters. The molecule has 1 aromatic heterocycles. The Hall–Kier alpha value is -2.17. The number of aromatic nitrogens is 1. The van der Waals surface area contributed by atoms with E-state index in [-0.39, 0.29) is 23.8 Å². The van der Waals surface area contributed by atoms with Crippen molar-refractivity contribution in [2.24, 2.45) is 23.2 Å². The highest BCUT2D eigenvalue weighted by molar-refractivity contribution is 5.77. The number of benzene rings is 1. The maximum atomic E-state index is 13.8. The molecule has 136 valence electrons. The van der Waals surface area contributed by atoms with Crippen LogP contribution in [-0.4, -0.2) is 11.1 Å². The van der Waals surface area contributed by atoms with E-state index in [1.807, 2.05) is 0 Å². The lowest BCUT2D eigenvalue weighted by atomic mass is 9.49. The van der Waals surface area contributed by atoms with E-state index >= 15 is 0 Å². The molecule has 2 aromatic rings. The van der Waals surface area contributed by atoms with Crippen molar-refractivity contribution >= 4 is 5.97 Å². The van der Waals surface area contributed by atoms with Gasteiger partial charge in [0.25, 0.3) is 0 Å². The van der Waals surface area contributed by atoms with Gasteiger partial charge in [0, 0.05) is 6.07 Å². The van der Waals surface area contributed by atoms with Crippen LogP contribution in [0.3, 0.4) is 0 Å². The van der Waals surface area contributed by atoms with Crippen LogP contribution >= 0.6 is 0 Å². The Balaban J connectivity index is 1.27. The number of hydrogen-bond acceptors (Lipinski definition) is 4. The number of rotatable bonds is 4. The molecule has 0 amide bonds. The van der Waals surface area contributed by atoms with Gasteiger partial charge in [-0.05, 0) is 68.4 Å². The molecule has 0 saturated heterocycles. The van der Waals surface area contributed by atoms with Gasteiger partial charge >= 0.3 is 5.97 Å². The van der Waals surface area contributed by atoms with Gasteiger partial charge in [0.15, 0.2) is 5.76 Å². The third-order valence-corrected chi connectivity index (χ3v) is 6.52. The van der Waals surface area contributed by atoms with Gasteiger partial charge in [-0.2, -0.15) is 0 Å². The smallest absolute Gasteiger partial charge is 0.312 e. The summed E-state index contributed by atoms with van der Waals surface area (Å²) < 4.78 is 24.7. The summed E-state index contributed by atoms with van der Waals surface area (Å²) in [4.78, 5) is 12.9. The van der Waals surface area contributed by atoms with Gasteiger partial charge in [-0.15, -0.1) is 0 Å². The Labute approximate surface area is 151 Å². The normalized spacial score (nSPS) is 32.0. The molecule has 26 heavy (non-hydrogen) atoms. The molecular weight excluding hydrogens is 333 g/mol. The van der Waals surface area contributed by atoms with Crippen molar-refractivity contribution in [2.75, 3.05) is 0 Å². The number of nitrogens with zero attached hydrogens (tertiary/aromatic N) is 1. The lowest BCUT2D eigenvalue weighted by Gasteiger charge is -2.55. The maximum Gasteiger partial charge on any atom is 0.312 e. The first-order valence-electron chi connectivity index (χ1n) is 9.49. The van der Waals surface area contributed by atoms with Crippen molar-refractivity contribution in [3.05, 3.63) is 41.8 Å². The highest BCUT2D eigenvalue weighted by Gasteiger charge is 2.55. The Kier molecular flexibility index (Phi) is 3.66. The predicted octanol–water partition coefficient (Wildman–Crippen LogP) is 4.74. The van der Waals surface area contributed by atoms with Gasteiger partial charge in [-0.3, -0.25) is 4.79 Å². The molecule has 4 saturated carbocycles. The van der Waals surface area contributed by atoms with Crippen molar-refractivity contribution < 1.29 is 18.4 Å². The van der Waals surface area contributed by atoms with Crippen molar-refractivity contribution in [2.45, 2.75) is 45.1 Å². The lowest BCUT2D eigenvalue weighted by Crippen LogP contribution is -2.50. The minimum Gasteiger partial charge on any atom is -0.459 e. The van der Waals surface area contributed by atoms with Crippen LogP contribution in [0.5, 0.6) is 0 Å². The van der Waals surface area contributed by atoms with Crippen LogP contribution in [0, 0.1) is 29.0 Å². The molecule has 0 spiro atoms. The number of carbonyl (C=O) groups excluding carboxylic acids is 1. The van der Waals surface area contributed by atoms with E-state index in [1.165, 1.54) is 25.3 Å². The van der Waals surface area contributed by atoms with E-state index < -0.39 is 0 Å². The van der Waals surface area contributed by atoms with Crippen LogP contribution in [-0.2, 0) is 16.1 Å². The fourth-order valence-electron chi connectivity index (χ4n) is 5.82. The quantitative estimate of drug-likeness (QED) is 0.743. The molecule has 6 rings (SSSR count). The highest BCUT2D eigenvalue weighted by atomic mass is 19.1. The highest BCUT2D eigenvalue weighted by Crippen LogP contribution is 2.60. The van der Waals surface area contributed by atoms with Crippen LogP contribution in [0.25, 0.3) is 11.3 Å². The van der Waals surface area contributed by atoms with Crippen molar-refractivity contribution in [3.8, 4) is 11.3 Å². The minimum atomic E-state index is -0.360. The maximum absolute atomic E-state index is 13.8. The summed E-state index contributed by atoms with van der Waals surface area (Å²) in [5.74, 6) is 2.02. The summed E-state index contributed by atoms with van der Waals surface area (Å²) >= 11 is 0. The average molecular weight is 355 g/mol. The summed E-state index contributed by atoms with van der Waals surface area (Å²) in [5, 5.41) is 3.93. The van der Waals surface area contributed by atoms with E-state index in [2.05, 4.69) is 5.16 Å². The Morgan fingerprint density at radius 2 is 1.81 bits per heavy atom. The van der Waals surface area contributed by atoms with Gasteiger partial charge < -0.3 is 9.26 Å². The standard InChI is InChI=1S/C21H22FNO3/c22-18-4-2-1-3-17(18)19-8-16(23-26-19)12-25-20(24)21-9-13-5-14(10-21)7-15(6-13)11-21/h1-4,8,13-15H,5-7,9-12H2. The minimum absolute atomic E-state index is 0.0768. The number of halogens is 1. The molecule has 4 fully saturated rings. The molecule has 4 bridgehead atoms. The van der Waals surface area contributed by atoms with Crippen LogP contribution in [0.2, 0.25) is 0 Å². The Morgan fingerprint density at radius 3 is 2.46 bits per heavy atom. The van der Waals surface area contributed by atoms with E-state index in [4.69, 9.17) is 9.26 Å². The zero-order valence-corrected chi connectivity index (χ0v) is 14.6. The van der Waals surface area contributed by atoms with Crippen molar-refractivity contribution in [3.63, 3.8) is 0 Å². The Bertz CT molecular complexity index is 808. The van der Waals surface area contributed by atoms with E-state index in [9.17, 15) is 9.18 Å². The number of hydrogen-bond donors (Lipinski definition) is 0. The predicted molar refractivity (Wildman–Crippen MR) is 92.3 cm³/mol. The zero-order chi connectivity index (χ0) is 17.7. The molecule has 0 radical (unpaired) electrons. The topological polar surface area (TPSA) is 52.3 Å². The van der Waals surface area contributed by atoms with Gasteiger partial charge in [0.05, 0.1) is 11.0 Å². The largest absolute Gasteiger partial charge is 0.459 e. The molecule has 4 aliphatic carbocycles. The molecule has 1 heterocycles. The SMILES string of the molecule is O=C(OCc1cc(-c2ccccc2F)on1)C12CC3CC(CC(C3)C1)C2. The van der Waals surface area contributed by atoms with Crippen LogP contribution in [0.4, 0.5) is 4.39 Å². The van der Waals surface area contributed by atoms with Crippen molar-refractivity contribution in [1.29, 1.82) is 0 Å².